The van der Waals surface area contributed by atoms with Gasteiger partial charge in [-0.1, -0.05) is 23.4 Å². The summed E-state index contributed by atoms with van der Waals surface area (Å²) in [6.45, 7) is 2.08. The largest absolute Gasteiger partial charge is 0.466 e. The van der Waals surface area contributed by atoms with E-state index in [1.807, 2.05) is 6.07 Å². The summed E-state index contributed by atoms with van der Waals surface area (Å²) in [7, 11) is 0. The Morgan fingerprint density at radius 3 is 3.00 bits per heavy atom. The minimum Gasteiger partial charge on any atom is -0.466 e. The Balaban J connectivity index is 1.89. The molecule has 2 rings (SSSR count). The van der Waals surface area contributed by atoms with Gasteiger partial charge in [0.25, 0.3) is 0 Å². The van der Waals surface area contributed by atoms with Crippen molar-refractivity contribution in [3.8, 4) is 6.07 Å². The standard InChI is InChI=1S/C16H14ClN3O3S2/c1-2-23-15(22)6-12-8-24-16(19-12)25-9-14(21)20-13-5-11(17)4-3-10(13)7-18/h3-5,8H,2,6,9H2,1H3,(H,20,21). The second-order valence-corrected chi connectivity index (χ2v) is 7.24. The molecule has 1 N–H and O–H groups in total. The van der Waals surface area contributed by atoms with E-state index in [1.165, 1.54) is 29.2 Å². The molecule has 0 bridgehead atoms. The van der Waals surface area contributed by atoms with Crippen LogP contribution in [0.2, 0.25) is 5.02 Å². The van der Waals surface area contributed by atoms with Gasteiger partial charge in [0.1, 0.15) is 6.07 Å². The lowest BCUT2D eigenvalue weighted by atomic mass is 10.2. The third-order valence-corrected chi connectivity index (χ3v) is 5.17. The maximum Gasteiger partial charge on any atom is 0.311 e. The van der Waals surface area contributed by atoms with Crippen molar-refractivity contribution in [1.82, 2.24) is 4.98 Å². The van der Waals surface area contributed by atoms with Crippen LogP contribution in [0.4, 0.5) is 5.69 Å². The first-order valence-electron chi connectivity index (χ1n) is 7.24. The zero-order valence-corrected chi connectivity index (χ0v) is 15.6. The molecule has 0 saturated heterocycles. The van der Waals surface area contributed by atoms with Crippen LogP contribution in [0.1, 0.15) is 18.2 Å². The average Bonchev–Trinajstić information content (AvgIpc) is 3.01. The molecule has 1 aromatic heterocycles. The van der Waals surface area contributed by atoms with Gasteiger partial charge in [-0.05, 0) is 25.1 Å². The molecule has 0 unspecified atom stereocenters. The van der Waals surface area contributed by atoms with Gasteiger partial charge in [-0.3, -0.25) is 9.59 Å². The van der Waals surface area contributed by atoms with Crippen molar-refractivity contribution in [1.29, 1.82) is 5.26 Å². The minimum absolute atomic E-state index is 0.116. The highest BCUT2D eigenvalue weighted by molar-refractivity contribution is 8.01. The van der Waals surface area contributed by atoms with Gasteiger partial charge in [0.05, 0.1) is 35.7 Å². The van der Waals surface area contributed by atoms with Crippen LogP contribution in [0.3, 0.4) is 0 Å². The number of nitriles is 1. The van der Waals surface area contributed by atoms with Crippen LogP contribution in [-0.2, 0) is 20.7 Å². The number of ether oxygens (including phenoxy) is 1. The van der Waals surface area contributed by atoms with Gasteiger partial charge >= 0.3 is 5.97 Å². The zero-order valence-electron chi connectivity index (χ0n) is 13.2. The van der Waals surface area contributed by atoms with Crippen molar-refractivity contribution in [2.75, 3.05) is 17.7 Å². The number of carbonyl (C=O) groups is 2. The molecule has 0 spiro atoms. The van der Waals surface area contributed by atoms with E-state index in [-0.39, 0.29) is 24.1 Å². The van der Waals surface area contributed by atoms with Gasteiger partial charge in [0.2, 0.25) is 5.91 Å². The molecular weight excluding hydrogens is 382 g/mol. The fraction of sp³-hybridized carbons (Fsp3) is 0.250. The Morgan fingerprint density at radius 1 is 1.48 bits per heavy atom. The smallest absolute Gasteiger partial charge is 0.311 e. The fourth-order valence-corrected chi connectivity index (χ4v) is 3.64. The SMILES string of the molecule is CCOC(=O)Cc1csc(SCC(=O)Nc2cc(Cl)ccc2C#N)n1. The number of rotatable bonds is 7. The van der Waals surface area contributed by atoms with Gasteiger partial charge < -0.3 is 10.1 Å². The lowest BCUT2D eigenvalue weighted by Crippen LogP contribution is -2.15. The van der Waals surface area contributed by atoms with Gasteiger partial charge in [-0.2, -0.15) is 5.26 Å². The highest BCUT2D eigenvalue weighted by Crippen LogP contribution is 2.24. The summed E-state index contributed by atoms with van der Waals surface area (Å²) in [6, 6.07) is 6.67. The Hall–Kier alpha value is -2.08. The number of nitrogens with zero attached hydrogens (tertiary/aromatic N) is 2. The number of nitrogens with one attached hydrogen (secondary N) is 1. The van der Waals surface area contributed by atoms with E-state index in [0.717, 1.165) is 0 Å². The molecule has 0 saturated carbocycles. The molecular formula is C16H14ClN3O3S2. The second-order valence-electron chi connectivity index (χ2n) is 4.73. The number of hydrogen-bond donors (Lipinski definition) is 1. The molecule has 0 aliphatic carbocycles. The Morgan fingerprint density at radius 2 is 2.28 bits per heavy atom. The molecule has 0 aliphatic heterocycles. The van der Waals surface area contributed by atoms with Gasteiger partial charge in [0.15, 0.2) is 4.34 Å². The number of anilines is 1. The van der Waals surface area contributed by atoms with Gasteiger partial charge in [-0.25, -0.2) is 4.98 Å². The van der Waals surface area contributed by atoms with Crippen molar-refractivity contribution in [2.24, 2.45) is 0 Å². The van der Waals surface area contributed by atoms with Crippen LogP contribution in [0.5, 0.6) is 0 Å². The summed E-state index contributed by atoms with van der Waals surface area (Å²) in [6.07, 6.45) is 0.116. The number of carbonyl (C=O) groups excluding carboxylic acids is 2. The van der Waals surface area contributed by atoms with E-state index in [1.54, 1.807) is 24.4 Å². The lowest BCUT2D eigenvalue weighted by molar-refractivity contribution is -0.142. The molecule has 130 valence electrons. The van der Waals surface area contributed by atoms with E-state index in [9.17, 15) is 9.59 Å². The first kappa shape index (κ1) is 19.2. The highest BCUT2D eigenvalue weighted by Gasteiger charge is 2.12. The van der Waals surface area contributed by atoms with Crippen LogP contribution in [0.25, 0.3) is 0 Å². The van der Waals surface area contributed by atoms with Crippen LogP contribution in [0.15, 0.2) is 27.9 Å². The first-order chi connectivity index (χ1) is 12.0. The molecule has 2 aromatic rings. The summed E-state index contributed by atoms with van der Waals surface area (Å²) in [5.41, 5.74) is 1.34. The monoisotopic (exact) mass is 395 g/mol. The molecule has 1 aromatic carbocycles. The molecule has 0 radical (unpaired) electrons. The van der Waals surface area contributed by atoms with E-state index < -0.39 is 0 Å². The van der Waals surface area contributed by atoms with Gasteiger partial charge in [0, 0.05) is 10.4 Å². The topological polar surface area (TPSA) is 92.1 Å². The fourth-order valence-electron chi connectivity index (χ4n) is 1.83. The maximum absolute atomic E-state index is 12.1. The Bertz CT molecular complexity index is 817. The molecule has 1 amide bonds. The summed E-state index contributed by atoms with van der Waals surface area (Å²) in [5, 5.41) is 13.9. The predicted octanol–water partition coefficient (Wildman–Crippen LogP) is 3.50. The van der Waals surface area contributed by atoms with Crippen molar-refractivity contribution in [3.05, 3.63) is 39.9 Å². The zero-order chi connectivity index (χ0) is 18.2. The Labute approximate surface area is 158 Å². The average molecular weight is 396 g/mol. The quantitative estimate of drug-likeness (QED) is 0.569. The van der Waals surface area contributed by atoms with Crippen molar-refractivity contribution in [3.63, 3.8) is 0 Å². The van der Waals surface area contributed by atoms with E-state index in [0.29, 0.717) is 32.9 Å². The van der Waals surface area contributed by atoms with Crippen molar-refractivity contribution >= 4 is 52.3 Å². The van der Waals surface area contributed by atoms with Crippen LogP contribution < -0.4 is 5.32 Å². The lowest BCUT2D eigenvalue weighted by Gasteiger charge is -2.06. The molecule has 25 heavy (non-hydrogen) atoms. The first-order valence-corrected chi connectivity index (χ1v) is 9.48. The van der Waals surface area contributed by atoms with Crippen LogP contribution in [0, 0.1) is 11.3 Å². The van der Waals surface area contributed by atoms with Crippen molar-refractivity contribution in [2.45, 2.75) is 17.7 Å². The number of halogens is 1. The van der Waals surface area contributed by atoms with E-state index in [2.05, 4.69) is 10.3 Å². The summed E-state index contributed by atoms with van der Waals surface area (Å²) in [5.74, 6) is -0.470. The number of thiazole rings is 1. The normalized spacial score (nSPS) is 10.1. The third kappa shape index (κ3) is 6.05. The summed E-state index contributed by atoms with van der Waals surface area (Å²) < 4.78 is 5.55. The van der Waals surface area contributed by atoms with Crippen LogP contribution >= 0.6 is 34.7 Å². The number of aromatic nitrogens is 1. The molecule has 0 aliphatic rings. The number of hydrogen-bond acceptors (Lipinski definition) is 7. The van der Waals surface area contributed by atoms with E-state index in [4.69, 9.17) is 21.6 Å². The number of thioether (sulfide) groups is 1. The summed E-state index contributed by atoms with van der Waals surface area (Å²) in [4.78, 5) is 27.8. The third-order valence-electron chi connectivity index (χ3n) is 2.86. The molecule has 1 heterocycles. The maximum atomic E-state index is 12.1. The Kier molecular flexibility index (Phi) is 7.25. The molecule has 9 heteroatoms. The van der Waals surface area contributed by atoms with Crippen molar-refractivity contribution < 1.29 is 14.3 Å². The molecule has 0 atom stereocenters. The highest BCUT2D eigenvalue weighted by atomic mass is 35.5. The minimum atomic E-state index is -0.327. The van der Waals surface area contributed by atoms with Gasteiger partial charge in [-0.15, -0.1) is 11.3 Å². The van der Waals surface area contributed by atoms with E-state index >= 15 is 0 Å². The number of benzene rings is 1. The number of amides is 1. The second kappa shape index (κ2) is 9.42. The van der Waals surface area contributed by atoms with Crippen LogP contribution in [-0.4, -0.2) is 29.2 Å². The molecule has 0 fully saturated rings. The number of esters is 1. The predicted molar refractivity (Wildman–Crippen MR) is 98.0 cm³/mol. The summed E-state index contributed by atoms with van der Waals surface area (Å²) >= 11 is 8.50. The molecule has 6 nitrogen and oxygen atoms in total.